The summed E-state index contributed by atoms with van der Waals surface area (Å²) in [6.45, 7) is 1.98. The summed E-state index contributed by atoms with van der Waals surface area (Å²) in [5, 5.41) is 9.29. The van der Waals surface area contributed by atoms with Crippen LogP contribution in [0.4, 0.5) is 0 Å². The van der Waals surface area contributed by atoms with Crippen molar-refractivity contribution in [3.05, 3.63) is 34.2 Å². The van der Waals surface area contributed by atoms with E-state index in [1.807, 2.05) is 0 Å². The van der Waals surface area contributed by atoms with Gasteiger partial charge in [-0.15, -0.1) is 0 Å². The number of aryl methyl sites for hydroxylation is 1. The van der Waals surface area contributed by atoms with Crippen molar-refractivity contribution < 1.29 is 14.7 Å². The third-order valence-corrected chi connectivity index (χ3v) is 3.68. The monoisotopic (exact) mass is 264 g/mol. The standard InChI is InChI=1S/C13H16N2O4/c1-13(12(18)19)6-3-7-15(13)11(17)9-4-5-10(16)14(2)8-9/h4-5,8H,3,6-7H2,1-2H3,(H,18,19). The Kier molecular flexibility index (Phi) is 3.18. The molecule has 2 heterocycles. The summed E-state index contributed by atoms with van der Waals surface area (Å²) in [5.41, 5.74) is -1.04. The zero-order valence-corrected chi connectivity index (χ0v) is 10.9. The highest BCUT2D eigenvalue weighted by molar-refractivity contribution is 5.97. The van der Waals surface area contributed by atoms with Crippen molar-refractivity contribution in [3.63, 3.8) is 0 Å². The van der Waals surface area contributed by atoms with Gasteiger partial charge in [0.1, 0.15) is 5.54 Å². The number of aromatic nitrogens is 1. The first-order chi connectivity index (χ1) is 8.86. The number of aliphatic carboxylic acids is 1. The fourth-order valence-electron chi connectivity index (χ4n) is 2.39. The van der Waals surface area contributed by atoms with Crippen molar-refractivity contribution in [2.45, 2.75) is 25.3 Å². The van der Waals surface area contributed by atoms with E-state index in [4.69, 9.17) is 0 Å². The minimum atomic E-state index is -1.16. The molecule has 1 unspecified atom stereocenters. The van der Waals surface area contributed by atoms with Crippen LogP contribution in [0, 0.1) is 0 Å². The molecule has 2 rings (SSSR count). The van der Waals surface area contributed by atoms with Gasteiger partial charge < -0.3 is 14.6 Å². The lowest BCUT2D eigenvalue weighted by atomic mass is 9.99. The minimum absolute atomic E-state index is 0.209. The van der Waals surface area contributed by atoms with Crippen LogP contribution in [0.3, 0.4) is 0 Å². The first-order valence-electron chi connectivity index (χ1n) is 6.08. The van der Waals surface area contributed by atoms with Crippen LogP contribution in [-0.2, 0) is 11.8 Å². The number of hydrogen-bond donors (Lipinski definition) is 1. The van der Waals surface area contributed by atoms with Crippen LogP contribution in [0.5, 0.6) is 0 Å². The maximum Gasteiger partial charge on any atom is 0.329 e. The van der Waals surface area contributed by atoms with Gasteiger partial charge >= 0.3 is 5.97 Å². The summed E-state index contributed by atoms with van der Waals surface area (Å²) < 4.78 is 1.31. The van der Waals surface area contributed by atoms with E-state index in [0.29, 0.717) is 24.9 Å². The van der Waals surface area contributed by atoms with E-state index < -0.39 is 11.5 Å². The second-order valence-corrected chi connectivity index (χ2v) is 5.01. The van der Waals surface area contributed by atoms with Crippen LogP contribution in [0.25, 0.3) is 0 Å². The van der Waals surface area contributed by atoms with Crippen molar-refractivity contribution in [1.29, 1.82) is 0 Å². The molecule has 1 aromatic rings. The van der Waals surface area contributed by atoms with Crippen molar-refractivity contribution in [3.8, 4) is 0 Å². The maximum atomic E-state index is 12.4. The van der Waals surface area contributed by atoms with E-state index in [1.54, 1.807) is 14.0 Å². The molecule has 1 atom stereocenters. The van der Waals surface area contributed by atoms with Gasteiger partial charge in [0.2, 0.25) is 5.56 Å². The van der Waals surface area contributed by atoms with Gasteiger partial charge in [0.15, 0.2) is 0 Å². The van der Waals surface area contributed by atoms with Crippen LogP contribution < -0.4 is 5.56 Å². The topological polar surface area (TPSA) is 79.6 Å². The van der Waals surface area contributed by atoms with Crippen LogP contribution in [0.15, 0.2) is 23.1 Å². The lowest BCUT2D eigenvalue weighted by Gasteiger charge is -2.31. The Bertz CT molecular complexity index is 593. The van der Waals surface area contributed by atoms with Crippen molar-refractivity contribution in [2.24, 2.45) is 7.05 Å². The number of amides is 1. The molecule has 1 amide bonds. The van der Waals surface area contributed by atoms with Crippen LogP contribution in [0.2, 0.25) is 0 Å². The summed E-state index contributed by atoms with van der Waals surface area (Å²) >= 11 is 0. The number of carboxylic acids is 1. The highest BCUT2D eigenvalue weighted by Crippen LogP contribution is 2.30. The number of hydrogen-bond acceptors (Lipinski definition) is 3. The summed E-state index contributed by atoms with van der Waals surface area (Å²) in [4.78, 5) is 36.4. The number of carboxylic acid groups (broad SMARTS) is 1. The lowest BCUT2D eigenvalue weighted by Crippen LogP contribution is -2.50. The van der Waals surface area contributed by atoms with E-state index in [2.05, 4.69) is 0 Å². The van der Waals surface area contributed by atoms with Gasteiger partial charge in [0.25, 0.3) is 5.91 Å². The summed E-state index contributed by atoms with van der Waals surface area (Å²) in [6.07, 6.45) is 2.55. The molecule has 1 aliphatic heterocycles. The van der Waals surface area contributed by atoms with Crippen LogP contribution in [-0.4, -0.2) is 38.5 Å². The summed E-state index contributed by atoms with van der Waals surface area (Å²) in [6, 6.07) is 2.74. The first-order valence-corrected chi connectivity index (χ1v) is 6.08. The van der Waals surface area contributed by atoms with Gasteiger partial charge in [-0.25, -0.2) is 4.79 Å². The number of pyridine rings is 1. The van der Waals surface area contributed by atoms with E-state index in [1.165, 1.54) is 27.8 Å². The molecule has 1 saturated heterocycles. The van der Waals surface area contributed by atoms with Crippen LogP contribution >= 0.6 is 0 Å². The summed E-state index contributed by atoms with van der Waals surface area (Å²) in [5.74, 6) is -1.35. The maximum absolute atomic E-state index is 12.4. The molecular weight excluding hydrogens is 248 g/mol. The molecule has 0 spiro atoms. The van der Waals surface area contributed by atoms with Gasteiger partial charge in [-0.1, -0.05) is 0 Å². The smallest absolute Gasteiger partial charge is 0.329 e. The molecule has 19 heavy (non-hydrogen) atoms. The fraction of sp³-hybridized carbons (Fsp3) is 0.462. The molecule has 0 aliphatic carbocycles. The first kappa shape index (κ1) is 13.3. The number of nitrogens with zero attached hydrogens (tertiary/aromatic N) is 2. The number of carbonyl (C=O) groups is 2. The molecule has 1 aromatic heterocycles. The Labute approximate surface area is 110 Å². The molecule has 1 aliphatic rings. The molecule has 0 saturated carbocycles. The van der Waals surface area contributed by atoms with Gasteiger partial charge in [-0.2, -0.15) is 0 Å². The Morgan fingerprint density at radius 2 is 2.05 bits per heavy atom. The molecule has 6 nitrogen and oxygen atoms in total. The fourth-order valence-corrected chi connectivity index (χ4v) is 2.39. The Balaban J connectivity index is 2.36. The molecule has 1 N–H and O–H groups in total. The Hall–Kier alpha value is -2.11. The van der Waals surface area contributed by atoms with Gasteiger partial charge in [0.05, 0.1) is 5.56 Å². The molecule has 0 aromatic carbocycles. The van der Waals surface area contributed by atoms with Gasteiger partial charge in [-0.05, 0) is 25.8 Å². The summed E-state index contributed by atoms with van der Waals surface area (Å²) in [7, 11) is 1.56. The lowest BCUT2D eigenvalue weighted by molar-refractivity contribution is -0.147. The number of rotatable bonds is 2. The average molecular weight is 264 g/mol. The zero-order valence-electron chi connectivity index (χ0n) is 10.9. The van der Waals surface area contributed by atoms with Crippen molar-refractivity contribution in [1.82, 2.24) is 9.47 Å². The quantitative estimate of drug-likeness (QED) is 0.841. The molecular formula is C13H16N2O4. The van der Waals surface area contributed by atoms with Crippen molar-refractivity contribution >= 4 is 11.9 Å². The third kappa shape index (κ3) is 2.14. The van der Waals surface area contributed by atoms with E-state index in [-0.39, 0.29) is 11.5 Å². The second kappa shape index (κ2) is 4.53. The molecule has 102 valence electrons. The predicted molar refractivity (Wildman–Crippen MR) is 68.0 cm³/mol. The molecule has 6 heteroatoms. The Morgan fingerprint density at radius 1 is 1.37 bits per heavy atom. The predicted octanol–water partition coefficient (Wildman–Crippen LogP) is 0.465. The van der Waals surface area contributed by atoms with Gasteiger partial charge in [0, 0.05) is 25.9 Å². The van der Waals surface area contributed by atoms with E-state index >= 15 is 0 Å². The van der Waals surface area contributed by atoms with E-state index in [9.17, 15) is 19.5 Å². The zero-order chi connectivity index (χ0) is 14.2. The molecule has 0 bridgehead atoms. The second-order valence-electron chi connectivity index (χ2n) is 5.01. The highest BCUT2D eigenvalue weighted by atomic mass is 16.4. The third-order valence-electron chi connectivity index (χ3n) is 3.68. The number of carbonyl (C=O) groups excluding carboxylic acids is 1. The normalized spacial score (nSPS) is 22.5. The van der Waals surface area contributed by atoms with Crippen LogP contribution in [0.1, 0.15) is 30.1 Å². The minimum Gasteiger partial charge on any atom is -0.480 e. The molecule has 0 radical (unpaired) electrons. The number of likely N-dealkylation sites (tertiary alicyclic amines) is 1. The van der Waals surface area contributed by atoms with Gasteiger partial charge in [-0.3, -0.25) is 9.59 Å². The molecule has 1 fully saturated rings. The Morgan fingerprint density at radius 3 is 2.63 bits per heavy atom. The van der Waals surface area contributed by atoms with Crippen molar-refractivity contribution in [2.75, 3.05) is 6.54 Å². The SMILES string of the molecule is Cn1cc(C(=O)N2CCCC2(C)C(=O)O)ccc1=O. The average Bonchev–Trinajstić information content (AvgIpc) is 2.75. The largest absolute Gasteiger partial charge is 0.480 e. The highest BCUT2D eigenvalue weighted by Gasteiger charge is 2.46. The van der Waals surface area contributed by atoms with E-state index in [0.717, 1.165) is 0 Å².